The number of amides is 1. The number of H-pyrrole nitrogens is 1. The minimum absolute atomic E-state index is 0.168. The van der Waals surface area contributed by atoms with Crippen molar-refractivity contribution in [3.8, 4) is 11.5 Å². The zero-order chi connectivity index (χ0) is 22.0. The standard InChI is InChI=1S/C21H27N3O7/c1-27-15-10-13-14(11-16(15)28-2)22-19(20(26)29-3)18(13)23-17(25)12-24-6-4-21(5-7-24)30-8-9-31-21/h10-11,22H,4-9,12H2,1-3H3,(H,23,25)/p+1. The number of esters is 1. The zero-order valence-electron chi connectivity index (χ0n) is 18.0. The molecule has 3 heterocycles. The number of ether oxygens (including phenoxy) is 5. The Kier molecular flexibility index (Phi) is 6.03. The summed E-state index contributed by atoms with van der Waals surface area (Å²) in [5.41, 5.74) is 1.15. The molecule has 0 atom stereocenters. The van der Waals surface area contributed by atoms with Crippen LogP contribution in [0.15, 0.2) is 12.1 Å². The van der Waals surface area contributed by atoms with Gasteiger partial charge >= 0.3 is 5.97 Å². The second-order valence-corrected chi connectivity index (χ2v) is 7.70. The second kappa shape index (κ2) is 8.74. The summed E-state index contributed by atoms with van der Waals surface area (Å²) in [5.74, 6) is -0.241. The summed E-state index contributed by atoms with van der Waals surface area (Å²) in [6.45, 7) is 3.07. The Morgan fingerprint density at radius 3 is 2.35 bits per heavy atom. The van der Waals surface area contributed by atoms with Gasteiger partial charge in [-0.1, -0.05) is 0 Å². The first-order valence-electron chi connectivity index (χ1n) is 10.3. The number of piperidine rings is 1. The molecule has 2 aliphatic rings. The number of aromatic nitrogens is 1. The minimum atomic E-state index is -0.577. The summed E-state index contributed by atoms with van der Waals surface area (Å²) in [7, 11) is 4.35. The quantitative estimate of drug-likeness (QED) is 0.562. The molecule has 0 bridgehead atoms. The van der Waals surface area contributed by atoms with Crippen LogP contribution in [0.5, 0.6) is 11.5 Å². The van der Waals surface area contributed by atoms with Gasteiger partial charge in [-0.25, -0.2) is 4.79 Å². The molecule has 2 aliphatic heterocycles. The Balaban J connectivity index is 1.53. The smallest absolute Gasteiger partial charge is 0.356 e. The fraction of sp³-hybridized carbons (Fsp3) is 0.524. The van der Waals surface area contributed by atoms with Crippen molar-refractivity contribution in [2.24, 2.45) is 0 Å². The molecule has 0 unspecified atom stereocenters. The van der Waals surface area contributed by atoms with E-state index >= 15 is 0 Å². The van der Waals surface area contributed by atoms with Gasteiger partial charge in [0.1, 0.15) is 5.69 Å². The number of likely N-dealkylation sites (tertiary alicyclic amines) is 1. The third-order valence-electron chi connectivity index (χ3n) is 5.90. The molecule has 10 heteroatoms. The van der Waals surface area contributed by atoms with Gasteiger partial charge in [-0.05, 0) is 6.07 Å². The lowest BCUT2D eigenvalue weighted by atomic mass is 10.0. The van der Waals surface area contributed by atoms with Crippen LogP contribution in [0, 0.1) is 0 Å². The molecule has 0 aliphatic carbocycles. The zero-order valence-corrected chi connectivity index (χ0v) is 18.0. The van der Waals surface area contributed by atoms with E-state index in [1.807, 2.05) is 0 Å². The minimum Gasteiger partial charge on any atom is -0.493 e. The highest BCUT2D eigenvalue weighted by atomic mass is 16.7. The van der Waals surface area contributed by atoms with Crippen LogP contribution in [-0.2, 0) is 19.0 Å². The maximum Gasteiger partial charge on any atom is 0.356 e. The molecule has 1 aromatic heterocycles. The van der Waals surface area contributed by atoms with Crippen LogP contribution in [0.3, 0.4) is 0 Å². The van der Waals surface area contributed by atoms with Gasteiger partial charge in [-0.3, -0.25) is 4.79 Å². The van der Waals surface area contributed by atoms with Crippen LogP contribution in [0.25, 0.3) is 10.9 Å². The number of nitrogens with one attached hydrogen (secondary N) is 3. The van der Waals surface area contributed by atoms with Gasteiger partial charge in [0.15, 0.2) is 23.8 Å². The first-order valence-corrected chi connectivity index (χ1v) is 10.3. The average molecular weight is 434 g/mol. The van der Waals surface area contributed by atoms with Crippen molar-refractivity contribution in [1.82, 2.24) is 4.98 Å². The van der Waals surface area contributed by atoms with E-state index in [4.69, 9.17) is 23.7 Å². The molecule has 3 N–H and O–H groups in total. The maximum absolute atomic E-state index is 12.9. The lowest BCUT2D eigenvalue weighted by Gasteiger charge is -2.34. The van der Waals surface area contributed by atoms with Crippen molar-refractivity contribution in [1.29, 1.82) is 0 Å². The molecular weight excluding hydrogens is 406 g/mol. The molecular formula is C21H28N3O7+. The molecule has 1 aromatic carbocycles. The first-order chi connectivity index (χ1) is 15.0. The van der Waals surface area contributed by atoms with Crippen molar-refractivity contribution in [3.63, 3.8) is 0 Å². The molecule has 10 nitrogen and oxygen atoms in total. The topological polar surface area (TPSA) is 113 Å². The Hall–Kier alpha value is -2.82. The number of carbonyl (C=O) groups excluding carboxylic acids is 2. The molecule has 2 aromatic rings. The van der Waals surface area contributed by atoms with Crippen LogP contribution in [0.4, 0.5) is 5.69 Å². The molecule has 4 rings (SSSR count). The number of aromatic amines is 1. The molecule has 1 amide bonds. The van der Waals surface area contributed by atoms with Crippen LogP contribution in [-0.4, -0.2) is 76.8 Å². The molecule has 2 saturated heterocycles. The number of quaternary nitrogens is 1. The van der Waals surface area contributed by atoms with E-state index in [9.17, 15) is 9.59 Å². The summed E-state index contributed by atoms with van der Waals surface area (Å²) < 4.78 is 27.1. The number of fused-ring (bicyclic) bond motifs is 1. The van der Waals surface area contributed by atoms with Crippen LogP contribution < -0.4 is 19.7 Å². The number of anilines is 1. The predicted molar refractivity (Wildman–Crippen MR) is 111 cm³/mol. The highest BCUT2D eigenvalue weighted by Crippen LogP contribution is 2.37. The molecule has 31 heavy (non-hydrogen) atoms. The van der Waals surface area contributed by atoms with Crippen molar-refractivity contribution >= 4 is 28.5 Å². The van der Waals surface area contributed by atoms with Gasteiger partial charge in [-0.2, -0.15) is 0 Å². The second-order valence-electron chi connectivity index (χ2n) is 7.70. The summed E-state index contributed by atoms with van der Waals surface area (Å²) in [6, 6.07) is 3.44. The van der Waals surface area contributed by atoms with Gasteiger partial charge in [0, 0.05) is 11.5 Å². The molecule has 168 valence electrons. The molecule has 0 saturated carbocycles. The number of benzene rings is 1. The maximum atomic E-state index is 12.9. The number of hydrogen-bond donors (Lipinski definition) is 3. The van der Waals surface area contributed by atoms with E-state index in [-0.39, 0.29) is 18.1 Å². The predicted octanol–water partition coefficient (Wildman–Crippen LogP) is 0.332. The summed E-state index contributed by atoms with van der Waals surface area (Å²) >= 11 is 0. The van der Waals surface area contributed by atoms with Crippen molar-refractivity contribution in [3.05, 3.63) is 17.8 Å². The number of rotatable bonds is 6. The third-order valence-corrected chi connectivity index (χ3v) is 5.90. The van der Waals surface area contributed by atoms with E-state index in [1.165, 1.54) is 21.3 Å². The normalized spacial score (nSPS) is 18.3. The van der Waals surface area contributed by atoms with Gasteiger partial charge < -0.3 is 38.9 Å². The van der Waals surface area contributed by atoms with Crippen molar-refractivity contribution in [2.45, 2.75) is 18.6 Å². The number of methoxy groups -OCH3 is 3. The molecule has 1 spiro atoms. The average Bonchev–Trinajstić information content (AvgIpc) is 3.38. The number of carbonyl (C=O) groups is 2. The lowest BCUT2D eigenvalue weighted by molar-refractivity contribution is -0.900. The highest BCUT2D eigenvalue weighted by molar-refractivity contribution is 6.11. The Morgan fingerprint density at radius 1 is 1.10 bits per heavy atom. The summed E-state index contributed by atoms with van der Waals surface area (Å²) in [6.07, 6.45) is 1.51. The van der Waals surface area contributed by atoms with E-state index < -0.39 is 11.8 Å². The Labute approximate surface area is 179 Å². The Bertz CT molecular complexity index is 971. The van der Waals surface area contributed by atoms with E-state index in [2.05, 4.69) is 10.3 Å². The molecule has 0 radical (unpaired) electrons. The molecule has 2 fully saturated rings. The van der Waals surface area contributed by atoms with Gasteiger partial charge in [-0.15, -0.1) is 0 Å². The van der Waals surface area contributed by atoms with Crippen molar-refractivity contribution in [2.75, 3.05) is 59.5 Å². The summed E-state index contributed by atoms with van der Waals surface area (Å²) in [4.78, 5) is 29.3. The van der Waals surface area contributed by atoms with Gasteiger partial charge in [0.05, 0.1) is 71.7 Å². The van der Waals surface area contributed by atoms with Gasteiger partial charge in [0.25, 0.3) is 5.91 Å². The third kappa shape index (κ3) is 4.18. The van der Waals surface area contributed by atoms with E-state index in [0.29, 0.717) is 41.3 Å². The monoisotopic (exact) mass is 434 g/mol. The van der Waals surface area contributed by atoms with Crippen LogP contribution in [0.1, 0.15) is 23.3 Å². The first kappa shape index (κ1) is 21.4. The SMILES string of the molecule is COC(=O)c1[nH]c2cc(OC)c(OC)cc2c1NC(=O)C[NH+]1CCC2(CC1)OCCO2. The van der Waals surface area contributed by atoms with Crippen LogP contribution in [0.2, 0.25) is 0 Å². The summed E-state index contributed by atoms with van der Waals surface area (Å²) in [5, 5.41) is 3.53. The largest absolute Gasteiger partial charge is 0.493 e. The van der Waals surface area contributed by atoms with E-state index in [1.54, 1.807) is 12.1 Å². The van der Waals surface area contributed by atoms with Crippen LogP contribution >= 0.6 is 0 Å². The van der Waals surface area contributed by atoms with E-state index in [0.717, 1.165) is 30.8 Å². The van der Waals surface area contributed by atoms with Gasteiger partial charge in [0.2, 0.25) is 0 Å². The number of hydrogen-bond acceptors (Lipinski definition) is 7. The Morgan fingerprint density at radius 2 is 1.74 bits per heavy atom. The fourth-order valence-corrected chi connectivity index (χ4v) is 4.26. The van der Waals surface area contributed by atoms with Crippen molar-refractivity contribution < 1.29 is 38.2 Å². The fourth-order valence-electron chi connectivity index (χ4n) is 4.26. The lowest BCUT2D eigenvalue weighted by Crippen LogP contribution is -3.14. The highest BCUT2D eigenvalue weighted by Gasteiger charge is 2.42.